The van der Waals surface area contributed by atoms with Crippen molar-refractivity contribution in [2.24, 2.45) is 11.7 Å². The minimum atomic E-state index is -3.86. The maximum Gasteiger partial charge on any atom is 0.262 e. The molecule has 1 heterocycles. The molecule has 1 aliphatic rings. The number of halogens is 1. The molecule has 1 amide bonds. The quantitative estimate of drug-likeness (QED) is 0.739. The molecule has 2 aromatic carbocycles. The highest BCUT2D eigenvalue weighted by atomic mass is 35.5. The number of likely N-dealkylation sites (tertiary alicyclic amines) is 1. The molecule has 1 aliphatic heterocycles. The number of benzene rings is 2. The Kier molecular flexibility index (Phi) is 7.29. The summed E-state index contributed by atoms with van der Waals surface area (Å²) in [6, 6.07) is 12.8. The number of amides is 1. The molecule has 0 aromatic heterocycles. The molecular weight excluding hydrogens is 402 g/mol. The number of para-hydroxylation sites is 2. The molecule has 7 nitrogen and oxygen atoms in total. The van der Waals surface area contributed by atoms with Gasteiger partial charge in [0.2, 0.25) is 0 Å². The number of carbonyl (C=O) groups excluding carboxylic acids is 1. The highest BCUT2D eigenvalue weighted by Gasteiger charge is 2.27. The number of sulfonamides is 1. The van der Waals surface area contributed by atoms with Crippen LogP contribution in [0.15, 0.2) is 53.4 Å². The molecular formula is C19H24ClN3O4S. The van der Waals surface area contributed by atoms with E-state index in [2.05, 4.69) is 4.72 Å². The lowest BCUT2D eigenvalue weighted by Gasteiger charge is -2.17. The van der Waals surface area contributed by atoms with Gasteiger partial charge < -0.3 is 15.4 Å². The zero-order valence-electron chi connectivity index (χ0n) is 15.5. The molecule has 3 N–H and O–H groups in total. The van der Waals surface area contributed by atoms with Crippen LogP contribution < -0.4 is 15.2 Å². The van der Waals surface area contributed by atoms with Crippen LogP contribution in [0.4, 0.5) is 5.69 Å². The van der Waals surface area contributed by atoms with Gasteiger partial charge >= 0.3 is 0 Å². The molecule has 0 spiro atoms. The average Bonchev–Trinajstić information content (AvgIpc) is 3.17. The van der Waals surface area contributed by atoms with Gasteiger partial charge in [0.1, 0.15) is 5.75 Å². The van der Waals surface area contributed by atoms with Gasteiger partial charge in [-0.1, -0.05) is 18.2 Å². The number of anilines is 1. The summed E-state index contributed by atoms with van der Waals surface area (Å²) in [6.45, 7) is 1.78. The fourth-order valence-corrected chi connectivity index (χ4v) is 4.24. The highest BCUT2D eigenvalue weighted by Crippen LogP contribution is 2.26. The van der Waals surface area contributed by atoms with E-state index in [0.29, 0.717) is 42.6 Å². The Labute approximate surface area is 171 Å². The largest absolute Gasteiger partial charge is 0.495 e. The normalized spacial score (nSPS) is 16.4. The van der Waals surface area contributed by atoms with Crippen molar-refractivity contribution in [3.63, 3.8) is 0 Å². The van der Waals surface area contributed by atoms with Crippen molar-refractivity contribution in [2.75, 3.05) is 31.5 Å². The predicted molar refractivity (Wildman–Crippen MR) is 111 cm³/mol. The highest BCUT2D eigenvalue weighted by molar-refractivity contribution is 7.92. The van der Waals surface area contributed by atoms with Gasteiger partial charge in [0.15, 0.2) is 0 Å². The number of ether oxygens (including phenoxy) is 1. The van der Waals surface area contributed by atoms with Gasteiger partial charge in [0, 0.05) is 18.7 Å². The second-order valence-corrected chi connectivity index (χ2v) is 8.16. The van der Waals surface area contributed by atoms with Gasteiger partial charge in [-0.25, -0.2) is 8.42 Å². The first kappa shape index (κ1) is 22.0. The van der Waals surface area contributed by atoms with Crippen molar-refractivity contribution in [1.29, 1.82) is 0 Å². The summed E-state index contributed by atoms with van der Waals surface area (Å²) in [6.07, 6.45) is 0.871. The smallest absolute Gasteiger partial charge is 0.262 e. The van der Waals surface area contributed by atoms with Gasteiger partial charge in [0.25, 0.3) is 15.9 Å². The molecule has 9 heteroatoms. The second kappa shape index (κ2) is 9.27. The van der Waals surface area contributed by atoms with E-state index in [1.54, 1.807) is 41.3 Å². The molecule has 0 aliphatic carbocycles. The van der Waals surface area contributed by atoms with Crippen molar-refractivity contribution >= 4 is 34.0 Å². The molecule has 152 valence electrons. The molecule has 0 radical (unpaired) electrons. The Morgan fingerprint density at radius 2 is 2.00 bits per heavy atom. The number of hydrogen-bond acceptors (Lipinski definition) is 5. The van der Waals surface area contributed by atoms with Gasteiger partial charge in [-0.15, -0.1) is 12.4 Å². The van der Waals surface area contributed by atoms with Crippen LogP contribution in [0.5, 0.6) is 5.75 Å². The minimum Gasteiger partial charge on any atom is -0.495 e. The van der Waals surface area contributed by atoms with Gasteiger partial charge in [-0.3, -0.25) is 9.52 Å². The summed E-state index contributed by atoms with van der Waals surface area (Å²) in [5, 5.41) is 0. The lowest BCUT2D eigenvalue weighted by Crippen LogP contribution is -2.30. The van der Waals surface area contributed by atoms with E-state index in [1.807, 2.05) is 0 Å². The maximum atomic E-state index is 12.8. The van der Waals surface area contributed by atoms with Crippen LogP contribution in [0.1, 0.15) is 16.8 Å². The van der Waals surface area contributed by atoms with Gasteiger partial charge in [0.05, 0.1) is 17.7 Å². The third-order valence-electron chi connectivity index (χ3n) is 4.65. The molecule has 0 saturated carbocycles. The van der Waals surface area contributed by atoms with Crippen LogP contribution in [0, 0.1) is 5.92 Å². The number of nitrogens with zero attached hydrogens (tertiary/aromatic N) is 1. The summed E-state index contributed by atoms with van der Waals surface area (Å²) >= 11 is 0. The van der Waals surface area contributed by atoms with E-state index in [1.165, 1.54) is 19.2 Å². The molecule has 1 fully saturated rings. The molecule has 28 heavy (non-hydrogen) atoms. The van der Waals surface area contributed by atoms with Crippen molar-refractivity contribution in [3.05, 3.63) is 54.1 Å². The third-order valence-corrected chi connectivity index (χ3v) is 6.01. The number of carbonyl (C=O) groups is 1. The van der Waals surface area contributed by atoms with Crippen LogP contribution in [0.3, 0.4) is 0 Å². The second-order valence-electron chi connectivity index (χ2n) is 6.48. The molecule has 0 bridgehead atoms. The number of methoxy groups -OCH3 is 1. The van der Waals surface area contributed by atoms with E-state index in [9.17, 15) is 13.2 Å². The summed E-state index contributed by atoms with van der Waals surface area (Å²) in [5.74, 6) is 0.534. The van der Waals surface area contributed by atoms with Crippen LogP contribution in [0.25, 0.3) is 0 Å². The molecule has 3 rings (SSSR count). The fourth-order valence-electron chi connectivity index (χ4n) is 3.12. The standard InChI is InChI=1S/C19H23N3O4S.ClH/c1-26-18-8-3-2-7-17(18)21-27(24,25)16-6-4-5-15(11-16)19(23)22-10-9-14(12-20)13-22;/h2-8,11,14,21H,9-10,12-13,20H2,1H3;1H. The first-order valence-electron chi connectivity index (χ1n) is 8.70. The number of hydrogen-bond donors (Lipinski definition) is 2. The zero-order valence-corrected chi connectivity index (χ0v) is 17.1. The van der Waals surface area contributed by atoms with Crippen LogP contribution in [0.2, 0.25) is 0 Å². The third kappa shape index (κ3) is 4.76. The van der Waals surface area contributed by atoms with Crippen LogP contribution in [-0.4, -0.2) is 46.0 Å². The van der Waals surface area contributed by atoms with Crippen LogP contribution in [-0.2, 0) is 10.0 Å². The molecule has 1 atom stereocenters. The van der Waals surface area contributed by atoms with Crippen molar-refractivity contribution in [1.82, 2.24) is 4.90 Å². The topological polar surface area (TPSA) is 102 Å². The van der Waals surface area contributed by atoms with E-state index in [0.717, 1.165) is 6.42 Å². The van der Waals surface area contributed by atoms with Crippen LogP contribution >= 0.6 is 12.4 Å². The lowest BCUT2D eigenvalue weighted by atomic mass is 10.1. The van der Waals surface area contributed by atoms with Gasteiger partial charge in [-0.2, -0.15) is 0 Å². The molecule has 1 saturated heterocycles. The first-order valence-corrected chi connectivity index (χ1v) is 10.2. The Hall–Kier alpha value is -2.29. The number of nitrogens with two attached hydrogens (primary N) is 1. The van der Waals surface area contributed by atoms with E-state index < -0.39 is 10.0 Å². The Morgan fingerprint density at radius 3 is 2.68 bits per heavy atom. The van der Waals surface area contributed by atoms with E-state index in [4.69, 9.17) is 10.5 Å². The summed E-state index contributed by atoms with van der Waals surface area (Å²) in [5.41, 5.74) is 6.36. The predicted octanol–water partition coefficient (Wildman–Crippen LogP) is 2.34. The molecule has 1 unspecified atom stereocenters. The van der Waals surface area contributed by atoms with E-state index in [-0.39, 0.29) is 23.2 Å². The average molecular weight is 426 g/mol. The van der Waals surface area contributed by atoms with Crippen molar-refractivity contribution in [3.8, 4) is 5.75 Å². The molecule has 2 aromatic rings. The summed E-state index contributed by atoms with van der Waals surface area (Å²) in [7, 11) is -2.39. The monoisotopic (exact) mass is 425 g/mol. The van der Waals surface area contributed by atoms with Crippen molar-refractivity contribution < 1.29 is 17.9 Å². The number of rotatable bonds is 6. The SMILES string of the molecule is COc1ccccc1NS(=O)(=O)c1cccc(C(=O)N2CCC(CN)C2)c1.Cl. The van der Waals surface area contributed by atoms with E-state index >= 15 is 0 Å². The Balaban J connectivity index is 0.00000280. The zero-order chi connectivity index (χ0) is 19.4. The van der Waals surface area contributed by atoms with Crippen molar-refractivity contribution in [2.45, 2.75) is 11.3 Å². The Morgan fingerprint density at radius 1 is 1.25 bits per heavy atom. The fraction of sp³-hybridized carbons (Fsp3) is 0.316. The Bertz CT molecular complexity index is 936. The summed E-state index contributed by atoms with van der Waals surface area (Å²) in [4.78, 5) is 14.4. The van der Waals surface area contributed by atoms with Gasteiger partial charge in [-0.05, 0) is 49.2 Å². The first-order chi connectivity index (χ1) is 12.9. The maximum absolute atomic E-state index is 12.8. The minimum absolute atomic E-state index is 0. The summed E-state index contributed by atoms with van der Waals surface area (Å²) < 4.78 is 33.2. The number of nitrogens with one attached hydrogen (secondary N) is 1. The lowest BCUT2D eigenvalue weighted by molar-refractivity contribution is 0.0787.